The number of sulfonamides is 1. The summed E-state index contributed by atoms with van der Waals surface area (Å²) in [7, 11) is -3.38. The average molecular weight is 281 g/mol. The van der Waals surface area contributed by atoms with E-state index in [1.54, 1.807) is 12.1 Å². The van der Waals surface area contributed by atoms with Gasteiger partial charge in [0.2, 0.25) is 10.0 Å². The molecule has 0 saturated heterocycles. The number of nitrogens with one attached hydrogen (secondary N) is 1. The van der Waals surface area contributed by atoms with Crippen LogP contribution in [0.1, 0.15) is 38.7 Å². The number of rotatable bonds is 3. The van der Waals surface area contributed by atoms with E-state index in [0.29, 0.717) is 16.7 Å². The van der Waals surface area contributed by atoms with Crippen molar-refractivity contribution >= 4 is 10.0 Å². The van der Waals surface area contributed by atoms with Gasteiger partial charge in [0.1, 0.15) is 0 Å². The summed E-state index contributed by atoms with van der Waals surface area (Å²) < 4.78 is 27.6. The fourth-order valence-electron chi connectivity index (χ4n) is 2.73. The van der Waals surface area contributed by atoms with Gasteiger partial charge in [0.15, 0.2) is 0 Å². The first-order valence-corrected chi connectivity index (χ1v) is 8.47. The highest BCUT2D eigenvalue weighted by molar-refractivity contribution is 7.89. The van der Waals surface area contributed by atoms with Gasteiger partial charge in [0.25, 0.3) is 0 Å². The molecule has 0 amide bonds. The van der Waals surface area contributed by atoms with Crippen LogP contribution in [0.2, 0.25) is 0 Å². The molecule has 0 aromatic heterocycles. The van der Waals surface area contributed by atoms with Crippen molar-refractivity contribution in [3.63, 3.8) is 0 Å². The topological polar surface area (TPSA) is 46.2 Å². The highest BCUT2D eigenvalue weighted by atomic mass is 32.2. The van der Waals surface area contributed by atoms with Crippen LogP contribution in [-0.2, 0) is 10.0 Å². The van der Waals surface area contributed by atoms with Crippen LogP contribution in [-0.4, -0.2) is 14.5 Å². The largest absolute Gasteiger partial charge is 0.240 e. The van der Waals surface area contributed by atoms with Gasteiger partial charge >= 0.3 is 0 Å². The van der Waals surface area contributed by atoms with E-state index in [1.165, 1.54) is 6.42 Å². The molecular weight excluding hydrogens is 258 g/mol. The van der Waals surface area contributed by atoms with Crippen molar-refractivity contribution in [1.29, 1.82) is 0 Å². The molecule has 19 heavy (non-hydrogen) atoms. The number of aryl methyl sites for hydroxylation is 1. The van der Waals surface area contributed by atoms with Crippen LogP contribution < -0.4 is 4.72 Å². The normalized spacial score (nSPS) is 28.3. The van der Waals surface area contributed by atoms with Crippen molar-refractivity contribution in [2.24, 2.45) is 11.8 Å². The fraction of sp³-hybridized carbons (Fsp3) is 0.600. The minimum Gasteiger partial charge on any atom is -0.208 e. The quantitative estimate of drug-likeness (QED) is 0.925. The van der Waals surface area contributed by atoms with Gasteiger partial charge in [-0.2, -0.15) is 0 Å². The summed E-state index contributed by atoms with van der Waals surface area (Å²) in [5.74, 6) is 0.980. The van der Waals surface area contributed by atoms with Crippen LogP contribution in [0.15, 0.2) is 29.2 Å². The molecular formula is C15H23NO2S. The van der Waals surface area contributed by atoms with E-state index < -0.39 is 10.0 Å². The van der Waals surface area contributed by atoms with Gasteiger partial charge in [-0.1, -0.05) is 44.4 Å². The van der Waals surface area contributed by atoms with Gasteiger partial charge in [-0.3, -0.25) is 0 Å². The second-order valence-corrected chi connectivity index (χ2v) is 7.52. The lowest BCUT2D eigenvalue weighted by atomic mass is 9.78. The Hall–Kier alpha value is -0.870. The molecule has 2 rings (SSSR count). The minimum absolute atomic E-state index is 0.0649. The zero-order valence-corrected chi connectivity index (χ0v) is 12.7. The lowest BCUT2D eigenvalue weighted by molar-refractivity contribution is 0.227. The summed E-state index contributed by atoms with van der Waals surface area (Å²) in [6.07, 6.45) is 3.24. The summed E-state index contributed by atoms with van der Waals surface area (Å²) in [6, 6.07) is 7.08. The molecule has 0 radical (unpaired) electrons. The highest BCUT2D eigenvalue weighted by Crippen LogP contribution is 2.30. The number of hydrogen-bond donors (Lipinski definition) is 1. The maximum absolute atomic E-state index is 12.4. The third-order valence-electron chi connectivity index (χ3n) is 4.34. The highest BCUT2D eigenvalue weighted by Gasteiger charge is 2.30. The predicted molar refractivity (Wildman–Crippen MR) is 77.5 cm³/mol. The second-order valence-electron chi connectivity index (χ2n) is 5.81. The Morgan fingerprint density at radius 2 is 1.74 bits per heavy atom. The molecule has 1 fully saturated rings. The van der Waals surface area contributed by atoms with Crippen molar-refractivity contribution in [2.75, 3.05) is 0 Å². The Kier molecular flexibility index (Phi) is 4.31. The van der Waals surface area contributed by atoms with E-state index in [4.69, 9.17) is 0 Å². The summed E-state index contributed by atoms with van der Waals surface area (Å²) in [4.78, 5) is 0.364. The Morgan fingerprint density at radius 3 is 2.37 bits per heavy atom. The molecule has 1 N–H and O–H groups in total. The molecule has 3 nitrogen and oxygen atoms in total. The van der Waals surface area contributed by atoms with Gasteiger partial charge in [0.05, 0.1) is 4.90 Å². The molecule has 0 bridgehead atoms. The van der Waals surface area contributed by atoms with Gasteiger partial charge in [0, 0.05) is 6.04 Å². The molecule has 106 valence electrons. The first-order valence-electron chi connectivity index (χ1n) is 6.99. The summed E-state index contributed by atoms with van der Waals surface area (Å²) in [6.45, 7) is 6.30. The molecule has 0 spiro atoms. The van der Waals surface area contributed by atoms with Crippen LogP contribution in [0.25, 0.3) is 0 Å². The molecule has 0 heterocycles. The maximum atomic E-state index is 12.4. The first kappa shape index (κ1) is 14.5. The number of hydrogen-bond acceptors (Lipinski definition) is 2. The minimum atomic E-state index is -3.38. The standard InChI is InChI=1S/C15H23NO2S/c1-11-7-9-14(10-8-11)19(17,18)16-15-6-4-5-12(2)13(15)3/h7-10,12-13,15-16H,4-6H2,1-3H3/t12-,13-,15-/m1/s1. The summed E-state index contributed by atoms with van der Waals surface area (Å²) >= 11 is 0. The molecule has 1 aliphatic rings. The lowest BCUT2D eigenvalue weighted by Crippen LogP contribution is -2.43. The van der Waals surface area contributed by atoms with Crippen molar-refractivity contribution in [1.82, 2.24) is 4.72 Å². The monoisotopic (exact) mass is 281 g/mol. The predicted octanol–water partition coefficient (Wildman–Crippen LogP) is 3.10. The van der Waals surface area contributed by atoms with E-state index in [0.717, 1.165) is 18.4 Å². The Morgan fingerprint density at radius 1 is 1.11 bits per heavy atom. The van der Waals surface area contributed by atoms with Gasteiger partial charge in [-0.15, -0.1) is 0 Å². The van der Waals surface area contributed by atoms with Gasteiger partial charge < -0.3 is 0 Å². The molecule has 0 aliphatic heterocycles. The molecule has 4 heteroatoms. The lowest BCUT2D eigenvalue weighted by Gasteiger charge is -2.34. The Balaban J connectivity index is 2.15. The van der Waals surface area contributed by atoms with E-state index in [-0.39, 0.29) is 6.04 Å². The molecule has 0 unspecified atom stereocenters. The van der Waals surface area contributed by atoms with Crippen LogP contribution in [0.3, 0.4) is 0 Å². The first-order chi connectivity index (χ1) is 8.90. The molecule has 1 saturated carbocycles. The summed E-state index contributed by atoms with van der Waals surface area (Å²) in [5, 5.41) is 0. The molecule has 1 aromatic carbocycles. The van der Waals surface area contributed by atoms with E-state index in [1.807, 2.05) is 19.1 Å². The van der Waals surface area contributed by atoms with Crippen molar-refractivity contribution in [2.45, 2.75) is 51.0 Å². The van der Waals surface area contributed by atoms with Crippen LogP contribution in [0, 0.1) is 18.8 Å². The maximum Gasteiger partial charge on any atom is 0.240 e. The van der Waals surface area contributed by atoms with E-state index in [9.17, 15) is 8.42 Å². The van der Waals surface area contributed by atoms with Gasteiger partial charge in [-0.05, 0) is 37.3 Å². The van der Waals surface area contributed by atoms with Crippen LogP contribution in [0.5, 0.6) is 0 Å². The molecule has 1 aromatic rings. The van der Waals surface area contributed by atoms with E-state index >= 15 is 0 Å². The van der Waals surface area contributed by atoms with Crippen LogP contribution >= 0.6 is 0 Å². The third-order valence-corrected chi connectivity index (χ3v) is 5.85. The van der Waals surface area contributed by atoms with E-state index in [2.05, 4.69) is 18.6 Å². The SMILES string of the molecule is Cc1ccc(S(=O)(=O)N[C@@H]2CCC[C@@H](C)[C@H]2C)cc1. The molecule has 1 aliphatic carbocycles. The zero-order valence-electron chi connectivity index (χ0n) is 11.9. The second kappa shape index (κ2) is 5.63. The van der Waals surface area contributed by atoms with Crippen molar-refractivity contribution < 1.29 is 8.42 Å². The summed E-state index contributed by atoms with van der Waals surface area (Å²) in [5.41, 5.74) is 1.07. The van der Waals surface area contributed by atoms with Crippen molar-refractivity contribution in [3.8, 4) is 0 Å². The van der Waals surface area contributed by atoms with Crippen LogP contribution in [0.4, 0.5) is 0 Å². The Labute approximate surface area is 116 Å². The average Bonchev–Trinajstić information content (AvgIpc) is 2.35. The Bertz CT molecular complexity index is 522. The third kappa shape index (κ3) is 3.37. The van der Waals surface area contributed by atoms with Crippen molar-refractivity contribution in [3.05, 3.63) is 29.8 Å². The van der Waals surface area contributed by atoms with Gasteiger partial charge in [-0.25, -0.2) is 13.1 Å². The smallest absolute Gasteiger partial charge is 0.208 e. The fourth-order valence-corrected chi connectivity index (χ4v) is 4.09. The number of benzene rings is 1. The zero-order chi connectivity index (χ0) is 14.0. The molecule has 3 atom stereocenters.